The first-order chi connectivity index (χ1) is 9.06. The molecule has 1 atom stereocenters. The Kier molecular flexibility index (Phi) is 4.32. The van der Waals surface area contributed by atoms with Crippen LogP contribution in [-0.4, -0.2) is 5.11 Å². The molecule has 2 rings (SSSR count). The van der Waals surface area contributed by atoms with Crippen LogP contribution in [0.5, 0.6) is 5.75 Å². The lowest BCUT2D eigenvalue weighted by molar-refractivity contribution is 0.462. The summed E-state index contributed by atoms with van der Waals surface area (Å²) in [6, 6.07) is 13.0. The lowest BCUT2D eigenvalue weighted by atomic mass is 10.1. The average Bonchev–Trinajstić information content (AvgIpc) is 2.37. The van der Waals surface area contributed by atoms with Gasteiger partial charge in [0.05, 0.1) is 11.7 Å². The van der Waals surface area contributed by atoms with Gasteiger partial charge in [-0.1, -0.05) is 28.1 Å². The standard InChI is InChI=1S/C15H15BrN2O/c1-10-3-8-14(15(19)9-10)11(2)17-18-13-6-4-12(16)5-7-13/h3-9,11,19H,1-2H3. The summed E-state index contributed by atoms with van der Waals surface area (Å²) in [5, 5.41) is 18.3. The Morgan fingerprint density at radius 1 is 1.11 bits per heavy atom. The summed E-state index contributed by atoms with van der Waals surface area (Å²) < 4.78 is 1.01. The molecule has 0 aliphatic heterocycles. The Hall–Kier alpha value is -1.68. The number of hydrogen-bond donors (Lipinski definition) is 1. The summed E-state index contributed by atoms with van der Waals surface area (Å²) in [4.78, 5) is 0. The third-order valence-electron chi connectivity index (χ3n) is 2.81. The summed E-state index contributed by atoms with van der Waals surface area (Å²) in [7, 11) is 0. The van der Waals surface area contributed by atoms with Gasteiger partial charge in [0.15, 0.2) is 0 Å². The number of aromatic hydroxyl groups is 1. The van der Waals surface area contributed by atoms with Crippen molar-refractivity contribution in [1.82, 2.24) is 0 Å². The summed E-state index contributed by atoms with van der Waals surface area (Å²) in [6.45, 7) is 3.85. The zero-order chi connectivity index (χ0) is 13.8. The fourth-order valence-electron chi connectivity index (χ4n) is 1.73. The van der Waals surface area contributed by atoms with E-state index in [0.29, 0.717) is 0 Å². The molecule has 0 saturated carbocycles. The quantitative estimate of drug-likeness (QED) is 0.766. The van der Waals surface area contributed by atoms with E-state index >= 15 is 0 Å². The Balaban J connectivity index is 2.16. The highest BCUT2D eigenvalue weighted by Crippen LogP contribution is 2.28. The van der Waals surface area contributed by atoms with Crippen molar-refractivity contribution in [3.63, 3.8) is 0 Å². The number of hydrogen-bond acceptors (Lipinski definition) is 3. The van der Waals surface area contributed by atoms with Crippen molar-refractivity contribution in [2.75, 3.05) is 0 Å². The Morgan fingerprint density at radius 3 is 2.42 bits per heavy atom. The molecular formula is C15H15BrN2O. The zero-order valence-corrected chi connectivity index (χ0v) is 12.4. The van der Waals surface area contributed by atoms with E-state index in [1.165, 1.54) is 0 Å². The van der Waals surface area contributed by atoms with E-state index in [1.54, 1.807) is 6.07 Å². The van der Waals surface area contributed by atoms with E-state index in [2.05, 4.69) is 26.2 Å². The highest BCUT2D eigenvalue weighted by Gasteiger charge is 2.09. The highest BCUT2D eigenvalue weighted by atomic mass is 79.9. The second-order valence-electron chi connectivity index (χ2n) is 4.43. The van der Waals surface area contributed by atoms with Gasteiger partial charge >= 0.3 is 0 Å². The van der Waals surface area contributed by atoms with E-state index in [-0.39, 0.29) is 11.8 Å². The molecule has 98 valence electrons. The predicted octanol–water partition coefficient (Wildman–Crippen LogP) is 5.31. The summed E-state index contributed by atoms with van der Waals surface area (Å²) in [6.07, 6.45) is 0. The van der Waals surface area contributed by atoms with Crippen molar-refractivity contribution < 1.29 is 5.11 Å². The van der Waals surface area contributed by atoms with Crippen LogP contribution >= 0.6 is 15.9 Å². The number of aryl methyl sites for hydroxylation is 1. The van der Waals surface area contributed by atoms with E-state index in [4.69, 9.17) is 0 Å². The second kappa shape index (κ2) is 5.97. The van der Waals surface area contributed by atoms with Crippen molar-refractivity contribution in [2.24, 2.45) is 10.2 Å². The molecule has 0 aliphatic rings. The van der Waals surface area contributed by atoms with Crippen LogP contribution in [0.25, 0.3) is 0 Å². The third kappa shape index (κ3) is 3.64. The maximum atomic E-state index is 9.89. The lowest BCUT2D eigenvalue weighted by Crippen LogP contribution is -1.90. The van der Waals surface area contributed by atoms with Gasteiger partial charge in [-0.15, -0.1) is 0 Å². The fourth-order valence-corrected chi connectivity index (χ4v) is 1.99. The molecule has 0 spiro atoms. The molecule has 3 nitrogen and oxygen atoms in total. The molecular weight excluding hydrogens is 304 g/mol. The van der Waals surface area contributed by atoms with Crippen molar-refractivity contribution in [1.29, 1.82) is 0 Å². The number of nitrogens with zero attached hydrogens (tertiary/aromatic N) is 2. The van der Waals surface area contributed by atoms with Crippen LogP contribution in [0, 0.1) is 6.92 Å². The molecule has 0 aliphatic carbocycles. The van der Waals surface area contributed by atoms with Crippen LogP contribution in [0.2, 0.25) is 0 Å². The van der Waals surface area contributed by atoms with Crippen LogP contribution < -0.4 is 0 Å². The SMILES string of the molecule is Cc1ccc(C(C)N=Nc2ccc(Br)cc2)c(O)c1. The molecule has 0 bridgehead atoms. The number of benzene rings is 2. The van der Waals surface area contributed by atoms with Crippen LogP contribution in [0.15, 0.2) is 57.2 Å². The van der Waals surface area contributed by atoms with Crippen LogP contribution in [-0.2, 0) is 0 Å². The van der Waals surface area contributed by atoms with Crippen LogP contribution in [0.4, 0.5) is 5.69 Å². The molecule has 0 radical (unpaired) electrons. The van der Waals surface area contributed by atoms with Gasteiger partial charge in [0.1, 0.15) is 5.75 Å². The minimum Gasteiger partial charge on any atom is -0.508 e. The molecule has 0 fully saturated rings. The first-order valence-electron chi connectivity index (χ1n) is 6.02. The molecule has 4 heteroatoms. The summed E-state index contributed by atoms with van der Waals surface area (Å²) >= 11 is 3.37. The van der Waals surface area contributed by atoms with Gasteiger partial charge in [-0.05, 0) is 49.7 Å². The Bertz CT molecular complexity index is 594. The normalized spacial score (nSPS) is 12.8. The number of phenols is 1. The van der Waals surface area contributed by atoms with Crippen LogP contribution in [0.1, 0.15) is 24.1 Å². The van der Waals surface area contributed by atoms with Gasteiger partial charge in [0.25, 0.3) is 0 Å². The van der Waals surface area contributed by atoms with Gasteiger partial charge in [-0.3, -0.25) is 0 Å². The number of azo groups is 1. The maximum absolute atomic E-state index is 9.89. The highest BCUT2D eigenvalue weighted by molar-refractivity contribution is 9.10. The molecule has 2 aromatic rings. The van der Waals surface area contributed by atoms with Crippen molar-refractivity contribution in [3.8, 4) is 5.75 Å². The first-order valence-corrected chi connectivity index (χ1v) is 6.81. The van der Waals surface area contributed by atoms with Gasteiger partial charge in [-0.2, -0.15) is 10.2 Å². The monoisotopic (exact) mass is 318 g/mol. The average molecular weight is 319 g/mol. The van der Waals surface area contributed by atoms with Gasteiger partial charge in [0.2, 0.25) is 0 Å². The minimum atomic E-state index is -0.177. The molecule has 2 aromatic carbocycles. The van der Waals surface area contributed by atoms with Crippen molar-refractivity contribution in [3.05, 3.63) is 58.1 Å². The molecule has 19 heavy (non-hydrogen) atoms. The number of phenolic OH excluding ortho intramolecular Hbond substituents is 1. The molecule has 1 N–H and O–H groups in total. The minimum absolute atomic E-state index is 0.177. The fraction of sp³-hybridized carbons (Fsp3) is 0.200. The lowest BCUT2D eigenvalue weighted by Gasteiger charge is -2.08. The van der Waals surface area contributed by atoms with E-state index in [0.717, 1.165) is 21.3 Å². The molecule has 0 saturated heterocycles. The Morgan fingerprint density at radius 2 is 1.79 bits per heavy atom. The van der Waals surface area contributed by atoms with Gasteiger partial charge in [0, 0.05) is 10.0 Å². The second-order valence-corrected chi connectivity index (χ2v) is 5.35. The molecule has 1 unspecified atom stereocenters. The maximum Gasteiger partial charge on any atom is 0.121 e. The third-order valence-corrected chi connectivity index (χ3v) is 3.34. The van der Waals surface area contributed by atoms with Crippen LogP contribution in [0.3, 0.4) is 0 Å². The van der Waals surface area contributed by atoms with E-state index in [1.807, 2.05) is 50.2 Å². The topological polar surface area (TPSA) is 45.0 Å². The van der Waals surface area contributed by atoms with Gasteiger partial charge in [-0.25, -0.2) is 0 Å². The first kappa shape index (κ1) is 13.7. The Labute approximate surface area is 121 Å². The molecule has 0 aromatic heterocycles. The molecule has 0 heterocycles. The predicted molar refractivity (Wildman–Crippen MR) is 79.9 cm³/mol. The van der Waals surface area contributed by atoms with Crippen molar-refractivity contribution >= 4 is 21.6 Å². The van der Waals surface area contributed by atoms with E-state index < -0.39 is 0 Å². The largest absolute Gasteiger partial charge is 0.508 e. The van der Waals surface area contributed by atoms with Gasteiger partial charge < -0.3 is 5.11 Å². The summed E-state index contributed by atoms with van der Waals surface area (Å²) in [5.41, 5.74) is 2.60. The summed E-state index contributed by atoms with van der Waals surface area (Å²) in [5.74, 6) is 0.266. The zero-order valence-electron chi connectivity index (χ0n) is 10.8. The molecule has 0 amide bonds. The van der Waals surface area contributed by atoms with Crippen molar-refractivity contribution in [2.45, 2.75) is 19.9 Å². The smallest absolute Gasteiger partial charge is 0.121 e. The van der Waals surface area contributed by atoms with E-state index in [9.17, 15) is 5.11 Å². The number of halogens is 1. The number of rotatable bonds is 3.